The summed E-state index contributed by atoms with van der Waals surface area (Å²) in [5.41, 5.74) is 6.66. The summed E-state index contributed by atoms with van der Waals surface area (Å²) in [5.74, 6) is 0.0896. The number of rotatable bonds is 4. The van der Waals surface area contributed by atoms with Gasteiger partial charge in [0.25, 0.3) is 11.9 Å². The van der Waals surface area contributed by atoms with Crippen LogP contribution in [0.4, 0.5) is 6.01 Å². The summed E-state index contributed by atoms with van der Waals surface area (Å²) in [6, 6.07) is 6.74. The van der Waals surface area contributed by atoms with Gasteiger partial charge in [-0.3, -0.25) is 4.79 Å². The Bertz CT molecular complexity index is 644. The second-order valence-electron chi connectivity index (χ2n) is 5.46. The van der Waals surface area contributed by atoms with E-state index in [1.165, 1.54) is 0 Å². The Morgan fingerprint density at radius 2 is 2.35 bits per heavy atom. The van der Waals surface area contributed by atoms with Crippen LogP contribution in [0.3, 0.4) is 0 Å². The first kappa shape index (κ1) is 12.9. The Kier molecular flexibility index (Phi) is 3.10. The van der Waals surface area contributed by atoms with Crippen LogP contribution in [0.5, 0.6) is 0 Å². The maximum atomic E-state index is 11.3. The molecule has 2 N–H and O–H groups in total. The van der Waals surface area contributed by atoms with E-state index in [4.69, 9.17) is 10.2 Å². The first-order valence-electron chi connectivity index (χ1n) is 6.55. The molecule has 0 atom stereocenters. The zero-order valence-electron chi connectivity index (χ0n) is 11.6. The van der Waals surface area contributed by atoms with Crippen molar-refractivity contribution in [3.8, 4) is 0 Å². The van der Waals surface area contributed by atoms with Crippen molar-refractivity contribution in [3.63, 3.8) is 0 Å². The van der Waals surface area contributed by atoms with E-state index in [1.54, 1.807) is 12.1 Å². The number of fused-ring (bicyclic) bond motifs is 1. The molecule has 0 spiro atoms. The lowest BCUT2D eigenvalue weighted by Crippen LogP contribution is -2.50. The minimum absolute atomic E-state index is 0.280. The van der Waals surface area contributed by atoms with Crippen LogP contribution in [-0.4, -0.2) is 49.5 Å². The lowest BCUT2D eigenvalue weighted by Gasteiger charge is -2.39. The van der Waals surface area contributed by atoms with E-state index >= 15 is 0 Å². The van der Waals surface area contributed by atoms with Gasteiger partial charge in [-0.1, -0.05) is 0 Å². The molecule has 0 bridgehead atoms. The molecule has 1 saturated heterocycles. The quantitative estimate of drug-likeness (QED) is 0.888. The number of hydrogen-bond acceptors (Lipinski definition) is 5. The second-order valence-corrected chi connectivity index (χ2v) is 5.46. The molecule has 1 amide bonds. The normalized spacial score (nSPS) is 15.8. The SMILES string of the molecule is CN(C)CC1CN(c2nc3c(C(N)=O)[c]ccc3o2)C1. The van der Waals surface area contributed by atoms with Crippen molar-refractivity contribution in [3.05, 3.63) is 23.8 Å². The minimum atomic E-state index is -0.537. The van der Waals surface area contributed by atoms with Crippen LogP contribution in [-0.2, 0) is 0 Å². The van der Waals surface area contributed by atoms with E-state index in [0.29, 0.717) is 23.0 Å². The van der Waals surface area contributed by atoms with E-state index in [0.717, 1.165) is 19.6 Å². The number of nitrogens with zero attached hydrogens (tertiary/aromatic N) is 3. The van der Waals surface area contributed by atoms with Crippen LogP contribution in [0.2, 0.25) is 0 Å². The first-order valence-corrected chi connectivity index (χ1v) is 6.55. The molecule has 1 aliphatic rings. The molecule has 1 radical (unpaired) electrons. The number of primary amides is 1. The van der Waals surface area contributed by atoms with Crippen molar-refractivity contribution in [2.75, 3.05) is 38.6 Å². The molecule has 0 aliphatic carbocycles. The Morgan fingerprint density at radius 3 is 3.00 bits per heavy atom. The minimum Gasteiger partial charge on any atom is -0.423 e. The van der Waals surface area contributed by atoms with Gasteiger partial charge in [-0.25, -0.2) is 0 Å². The molecule has 0 saturated carbocycles. The van der Waals surface area contributed by atoms with Crippen molar-refractivity contribution in [2.24, 2.45) is 11.7 Å². The second kappa shape index (κ2) is 4.79. The van der Waals surface area contributed by atoms with Gasteiger partial charge in [0.15, 0.2) is 5.58 Å². The molecular weight excluding hydrogens is 256 g/mol. The van der Waals surface area contributed by atoms with Gasteiger partial charge in [0.05, 0.1) is 5.56 Å². The monoisotopic (exact) mass is 273 g/mol. The third-order valence-electron chi connectivity index (χ3n) is 3.44. The van der Waals surface area contributed by atoms with E-state index in [2.05, 4.69) is 34.9 Å². The van der Waals surface area contributed by atoms with Crippen molar-refractivity contribution >= 4 is 23.0 Å². The molecule has 1 aromatic carbocycles. The number of hydrogen-bond donors (Lipinski definition) is 1. The van der Waals surface area contributed by atoms with Gasteiger partial charge in [0.1, 0.15) is 5.52 Å². The van der Waals surface area contributed by atoms with Crippen LogP contribution < -0.4 is 10.6 Å². The fourth-order valence-corrected chi connectivity index (χ4v) is 2.56. The Morgan fingerprint density at radius 1 is 1.60 bits per heavy atom. The Hall–Kier alpha value is -2.08. The van der Waals surface area contributed by atoms with Crippen molar-refractivity contribution in [1.82, 2.24) is 9.88 Å². The Balaban J connectivity index is 1.81. The zero-order chi connectivity index (χ0) is 14.3. The van der Waals surface area contributed by atoms with Gasteiger partial charge in [-0.2, -0.15) is 4.98 Å². The predicted molar refractivity (Wildman–Crippen MR) is 75.6 cm³/mol. The van der Waals surface area contributed by atoms with Crippen LogP contribution >= 0.6 is 0 Å². The average Bonchev–Trinajstić information content (AvgIpc) is 2.75. The summed E-state index contributed by atoms with van der Waals surface area (Å²) in [6.07, 6.45) is 0. The maximum Gasteiger partial charge on any atom is 0.298 e. The third-order valence-corrected chi connectivity index (χ3v) is 3.44. The number of amides is 1. The van der Waals surface area contributed by atoms with Crippen LogP contribution in [0, 0.1) is 12.0 Å². The lowest BCUT2D eigenvalue weighted by atomic mass is 10.0. The molecule has 20 heavy (non-hydrogen) atoms. The van der Waals surface area contributed by atoms with Crippen LogP contribution in [0.25, 0.3) is 11.1 Å². The standard InChI is InChI=1S/C14H17N4O2/c1-17(2)6-9-7-18(8-9)14-16-12-10(13(15)19)4-3-5-11(12)20-14/h3,5,9H,6-8H2,1-2H3,(H2,15,19). The van der Waals surface area contributed by atoms with Crippen LogP contribution in [0.1, 0.15) is 10.4 Å². The fraction of sp³-hybridized carbons (Fsp3) is 0.429. The number of carbonyl (C=O) groups is 1. The third kappa shape index (κ3) is 2.22. The highest BCUT2D eigenvalue weighted by Gasteiger charge is 2.30. The smallest absolute Gasteiger partial charge is 0.298 e. The number of anilines is 1. The van der Waals surface area contributed by atoms with E-state index in [9.17, 15) is 4.79 Å². The number of benzene rings is 1. The van der Waals surface area contributed by atoms with Gasteiger partial charge < -0.3 is 20.0 Å². The number of nitrogens with two attached hydrogens (primary N) is 1. The highest BCUT2D eigenvalue weighted by Crippen LogP contribution is 2.29. The summed E-state index contributed by atoms with van der Waals surface area (Å²) in [6.45, 7) is 2.89. The topological polar surface area (TPSA) is 75.6 Å². The van der Waals surface area contributed by atoms with Gasteiger partial charge >= 0.3 is 0 Å². The summed E-state index contributed by atoms with van der Waals surface area (Å²) in [4.78, 5) is 20.0. The largest absolute Gasteiger partial charge is 0.423 e. The molecular formula is C14H17N4O2. The van der Waals surface area contributed by atoms with Crippen molar-refractivity contribution in [2.45, 2.75) is 0 Å². The maximum absolute atomic E-state index is 11.3. The van der Waals surface area contributed by atoms with E-state index in [-0.39, 0.29) is 5.56 Å². The molecule has 1 aromatic heterocycles. The molecule has 6 nitrogen and oxygen atoms in total. The molecule has 0 unspecified atom stereocenters. The molecule has 2 heterocycles. The summed E-state index contributed by atoms with van der Waals surface area (Å²) in [5, 5.41) is 0. The van der Waals surface area contributed by atoms with Crippen LogP contribution in [0.15, 0.2) is 16.5 Å². The average molecular weight is 273 g/mol. The summed E-state index contributed by atoms with van der Waals surface area (Å²) in [7, 11) is 4.13. The highest BCUT2D eigenvalue weighted by atomic mass is 16.4. The van der Waals surface area contributed by atoms with Gasteiger partial charge in [0, 0.05) is 25.6 Å². The predicted octanol–water partition coefficient (Wildman–Crippen LogP) is 0.725. The van der Waals surface area contributed by atoms with Crippen molar-refractivity contribution < 1.29 is 9.21 Å². The van der Waals surface area contributed by atoms with E-state index < -0.39 is 5.91 Å². The molecule has 2 aromatic rings. The van der Waals surface area contributed by atoms with Crippen molar-refractivity contribution in [1.29, 1.82) is 0 Å². The van der Waals surface area contributed by atoms with E-state index in [1.807, 2.05) is 0 Å². The number of aromatic nitrogens is 1. The van der Waals surface area contributed by atoms with Gasteiger partial charge in [-0.15, -0.1) is 0 Å². The molecule has 1 aliphatic heterocycles. The molecule has 1 fully saturated rings. The van der Waals surface area contributed by atoms with Gasteiger partial charge in [-0.05, 0) is 32.3 Å². The lowest BCUT2D eigenvalue weighted by molar-refractivity contribution is 0.100. The summed E-state index contributed by atoms with van der Waals surface area (Å²) >= 11 is 0. The number of oxazole rings is 1. The number of carbonyl (C=O) groups excluding carboxylic acids is 1. The molecule has 3 rings (SSSR count). The molecule has 105 valence electrons. The summed E-state index contributed by atoms with van der Waals surface area (Å²) < 4.78 is 5.69. The Labute approximate surface area is 117 Å². The highest BCUT2D eigenvalue weighted by molar-refractivity contribution is 6.03. The fourth-order valence-electron chi connectivity index (χ4n) is 2.56. The molecule has 6 heteroatoms. The van der Waals surface area contributed by atoms with Gasteiger partial charge in [0.2, 0.25) is 0 Å². The zero-order valence-corrected chi connectivity index (χ0v) is 11.6. The first-order chi connectivity index (χ1) is 9.54.